The van der Waals surface area contributed by atoms with Gasteiger partial charge in [0.25, 0.3) is 0 Å². The highest BCUT2D eigenvalue weighted by atomic mass is 16.7. The van der Waals surface area contributed by atoms with Crippen molar-refractivity contribution in [2.24, 2.45) is 11.7 Å². The van der Waals surface area contributed by atoms with E-state index in [0.717, 1.165) is 32.1 Å². The monoisotopic (exact) mass is 537 g/mol. The van der Waals surface area contributed by atoms with Crippen molar-refractivity contribution < 1.29 is 48.0 Å². The standard InChI is InChI=1S/C27H39NO10/c1-4-13-34-26(32)37-21-12-11-19(16-22(21)38-27(33)35-14-5-2)20(23(28)24(29)30)15-17(3)36-25(31)18-9-7-6-8-10-18/h11-12,16-18,20,23H,4-10,13-15,28H2,1-3H3,(H,29,30)/t17?,20?,23-/m0/s1. The number of carboxylic acids is 1. The van der Waals surface area contributed by atoms with E-state index in [4.69, 9.17) is 29.4 Å². The van der Waals surface area contributed by atoms with Crippen LogP contribution in [0, 0.1) is 5.92 Å². The van der Waals surface area contributed by atoms with Gasteiger partial charge in [-0.3, -0.25) is 9.59 Å². The Balaban J connectivity index is 2.29. The van der Waals surface area contributed by atoms with Gasteiger partial charge in [-0.2, -0.15) is 0 Å². The smallest absolute Gasteiger partial charge is 0.480 e. The summed E-state index contributed by atoms with van der Waals surface area (Å²) in [5.74, 6) is -2.83. The SMILES string of the molecule is CCCOC(=O)Oc1ccc(C(CC(C)OC(=O)C2CCCCC2)[C@H](N)C(=O)O)cc1OC(=O)OCCC. The summed E-state index contributed by atoms with van der Waals surface area (Å²) in [6, 6.07) is 2.87. The van der Waals surface area contributed by atoms with Crippen LogP contribution >= 0.6 is 0 Å². The summed E-state index contributed by atoms with van der Waals surface area (Å²) in [5, 5.41) is 9.66. The molecule has 1 aromatic carbocycles. The van der Waals surface area contributed by atoms with Crippen LogP contribution in [0.4, 0.5) is 9.59 Å². The zero-order chi connectivity index (χ0) is 28.1. The molecule has 0 amide bonds. The molecule has 1 aliphatic carbocycles. The fourth-order valence-corrected chi connectivity index (χ4v) is 4.23. The van der Waals surface area contributed by atoms with E-state index in [-0.39, 0.29) is 43.0 Å². The molecule has 11 heteroatoms. The first-order chi connectivity index (χ1) is 18.2. The van der Waals surface area contributed by atoms with E-state index in [0.29, 0.717) is 18.4 Å². The summed E-state index contributed by atoms with van der Waals surface area (Å²) in [5.41, 5.74) is 6.41. The highest BCUT2D eigenvalue weighted by Gasteiger charge is 2.31. The van der Waals surface area contributed by atoms with Gasteiger partial charge in [-0.1, -0.05) is 39.2 Å². The Morgan fingerprint density at radius 2 is 1.53 bits per heavy atom. The van der Waals surface area contributed by atoms with Crippen molar-refractivity contribution in [3.63, 3.8) is 0 Å². The van der Waals surface area contributed by atoms with Gasteiger partial charge in [0.05, 0.1) is 25.2 Å². The van der Waals surface area contributed by atoms with Crippen LogP contribution in [0.3, 0.4) is 0 Å². The molecule has 0 aliphatic heterocycles. The Morgan fingerprint density at radius 3 is 2.08 bits per heavy atom. The second-order valence-corrected chi connectivity index (χ2v) is 9.40. The van der Waals surface area contributed by atoms with Gasteiger partial charge < -0.3 is 34.5 Å². The molecule has 0 aromatic heterocycles. The molecule has 0 bridgehead atoms. The minimum Gasteiger partial charge on any atom is -0.480 e. The van der Waals surface area contributed by atoms with E-state index in [2.05, 4.69) is 0 Å². The molecule has 2 unspecified atom stereocenters. The number of benzene rings is 1. The third-order valence-corrected chi connectivity index (χ3v) is 6.19. The Hall–Kier alpha value is -3.34. The number of hydrogen-bond acceptors (Lipinski definition) is 10. The molecule has 1 fully saturated rings. The fourth-order valence-electron chi connectivity index (χ4n) is 4.23. The maximum atomic E-state index is 12.6. The van der Waals surface area contributed by atoms with Gasteiger partial charge in [0.2, 0.25) is 0 Å². The summed E-state index contributed by atoms with van der Waals surface area (Å²) in [4.78, 5) is 48.6. The summed E-state index contributed by atoms with van der Waals surface area (Å²) in [6.07, 6.45) is 3.22. The topological polar surface area (TPSA) is 161 Å². The van der Waals surface area contributed by atoms with E-state index in [1.54, 1.807) is 6.92 Å². The fraction of sp³-hybridized carbons (Fsp3) is 0.630. The van der Waals surface area contributed by atoms with Gasteiger partial charge in [-0.15, -0.1) is 0 Å². The number of hydrogen-bond donors (Lipinski definition) is 2. The van der Waals surface area contributed by atoms with Gasteiger partial charge in [0, 0.05) is 5.92 Å². The number of ether oxygens (including phenoxy) is 5. The average Bonchev–Trinajstić information content (AvgIpc) is 2.90. The first-order valence-electron chi connectivity index (χ1n) is 13.2. The number of carbonyl (C=O) groups excluding carboxylic acids is 3. The molecule has 3 atom stereocenters. The van der Waals surface area contributed by atoms with Crippen molar-refractivity contribution in [2.75, 3.05) is 13.2 Å². The molecular weight excluding hydrogens is 498 g/mol. The Morgan fingerprint density at radius 1 is 0.947 bits per heavy atom. The van der Waals surface area contributed by atoms with E-state index in [1.807, 2.05) is 13.8 Å². The minimum absolute atomic E-state index is 0.102. The molecule has 1 aliphatic rings. The molecule has 212 valence electrons. The van der Waals surface area contributed by atoms with E-state index < -0.39 is 36.3 Å². The lowest BCUT2D eigenvalue weighted by molar-refractivity contribution is -0.155. The average molecular weight is 538 g/mol. The molecule has 2 rings (SSSR count). The van der Waals surface area contributed by atoms with Crippen LogP contribution in [0.25, 0.3) is 0 Å². The van der Waals surface area contributed by atoms with Crippen molar-refractivity contribution in [3.8, 4) is 11.5 Å². The largest absolute Gasteiger partial charge is 0.513 e. The second-order valence-electron chi connectivity index (χ2n) is 9.40. The van der Waals surface area contributed by atoms with Crippen molar-refractivity contribution in [2.45, 2.75) is 90.2 Å². The van der Waals surface area contributed by atoms with Crippen molar-refractivity contribution in [3.05, 3.63) is 23.8 Å². The molecule has 0 saturated heterocycles. The van der Waals surface area contributed by atoms with Crippen LogP contribution in [0.15, 0.2) is 18.2 Å². The summed E-state index contributed by atoms with van der Waals surface area (Å²) in [7, 11) is 0. The van der Waals surface area contributed by atoms with Gasteiger partial charge in [-0.25, -0.2) is 9.59 Å². The molecule has 38 heavy (non-hydrogen) atoms. The van der Waals surface area contributed by atoms with Crippen molar-refractivity contribution in [1.82, 2.24) is 0 Å². The van der Waals surface area contributed by atoms with Gasteiger partial charge in [0.1, 0.15) is 6.04 Å². The molecule has 0 radical (unpaired) electrons. The molecule has 3 N–H and O–H groups in total. The summed E-state index contributed by atoms with van der Waals surface area (Å²) >= 11 is 0. The third-order valence-electron chi connectivity index (χ3n) is 6.19. The van der Waals surface area contributed by atoms with Crippen LogP contribution in [-0.4, -0.2) is 54.7 Å². The van der Waals surface area contributed by atoms with Crippen LogP contribution in [0.2, 0.25) is 0 Å². The maximum Gasteiger partial charge on any atom is 0.513 e. The lowest BCUT2D eigenvalue weighted by atomic mass is 9.86. The van der Waals surface area contributed by atoms with Gasteiger partial charge >= 0.3 is 24.2 Å². The molecule has 1 saturated carbocycles. The highest BCUT2D eigenvalue weighted by molar-refractivity contribution is 5.75. The molecule has 1 aromatic rings. The Bertz CT molecular complexity index is 944. The number of carbonyl (C=O) groups is 4. The zero-order valence-corrected chi connectivity index (χ0v) is 22.3. The number of carboxylic acid groups (broad SMARTS) is 1. The molecule has 11 nitrogen and oxygen atoms in total. The van der Waals surface area contributed by atoms with Crippen LogP contribution in [0.1, 0.15) is 83.6 Å². The van der Waals surface area contributed by atoms with Crippen molar-refractivity contribution >= 4 is 24.2 Å². The third kappa shape index (κ3) is 9.85. The van der Waals surface area contributed by atoms with Gasteiger partial charge in [0.15, 0.2) is 11.5 Å². The normalized spacial score (nSPS) is 16.0. The predicted octanol–water partition coefficient (Wildman–Crippen LogP) is 4.94. The van der Waals surface area contributed by atoms with Gasteiger partial charge in [-0.05, 0) is 56.7 Å². The molecular formula is C27H39NO10. The lowest BCUT2D eigenvalue weighted by Gasteiger charge is -2.27. The van der Waals surface area contributed by atoms with E-state index in [1.165, 1.54) is 18.2 Å². The molecule has 0 spiro atoms. The number of esters is 1. The summed E-state index contributed by atoms with van der Waals surface area (Å²) in [6.45, 7) is 5.57. The number of rotatable bonds is 13. The van der Waals surface area contributed by atoms with Crippen LogP contribution < -0.4 is 15.2 Å². The van der Waals surface area contributed by atoms with E-state index in [9.17, 15) is 24.3 Å². The first-order valence-corrected chi connectivity index (χ1v) is 13.2. The number of nitrogens with two attached hydrogens (primary N) is 1. The lowest BCUT2D eigenvalue weighted by Crippen LogP contribution is -2.38. The Labute approximate surface area is 222 Å². The van der Waals surface area contributed by atoms with Crippen molar-refractivity contribution in [1.29, 1.82) is 0 Å². The second kappa shape index (κ2) is 15.8. The van der Waals surface area contributed by atoms with Crippen LogP contribution in [-0.2, 0) is 23.8 Å². The predicted molar refractivity (Wildman–Crippen MR) is 136 cm³/mol. The Kier molecular flexibility index (Phi) is 12.8. The van der Waals surface area contributed by atoms with Crippen LogP contribution in [0.5, 0.6) is 11.5 Å². The molecule has 0 heterocycles. The summed E-state index contributed by atoms with van der Waals surface area (Å²) < 4.78 is 26.0. The number of aliphatic carboxylic acids is 1. The van der Waals surface area contributed by atoms with E-state index >= 15 is 0 Å². The zero-order valence-electron chi connectivity index (χ0n) is 22.3. The quantitative estimate of drug-likeness (QED) is 0.199. The highest BCUT2D eigenvalue weighted by Crippen LogP contribution is 2.35. The minimum atomic E-state index is -1.35. The maximum absolute atomic E-state index is 12.6. The first kappa shape index (κ1) is 30.9.